The van der Waals surface area contributed by atoms with Gasteiger partial charge in [-0.05, 0) is 38.4 Å². The van der Waals surface area contributed by atoms with E-state index in [1.165, 1.54) is 0 Å². The van der Waals surface area contributed by atoms with Crippen LogP contribution < -0.4 is 25.0 Å². The quantitative estimate of drug-likeness (QED) is 0.791. The fourth-order valence-corrected chi connectivity index (χ4v) is 3.67. The topological polar surface area (TPSA) is 79.9 Å². The molecule has 2 aliphatic rings. The van der Waals surface area contributed by atoms with Crippen LogP contribution in [0.4, 0.5) is 5.69 Å². The second-order valence-corrected chi connectivity index (χ2v) is 6.94. The molecule has 2 N–H and O–H groups in total. The van der Waals surface area contributed by atoms with Gasteiger partial charge in [0.1, 0.15) is 11.5 Å². The summed E-state index contributed by atoms with van der Waals surface area (Å²) in [5.74, 6) is 0.759. The first-order chi connectivity index (χ1) is 12.5. The summed E-state index contributed by atoms with van der Waals surface area (Å²) in [6, 6.07) is 5.70. The summed E-state index contributed by atoms with van der Waals surface area (Å²) < 4.78 is 10.6. The van der Waals surface area contributed by atoms with E-state index < -0.39 is 0 Å². The number of ether oxygens (including phenoxy) is 2. The third-order valence-corrected chi connectivity index (χ3v) is 5.26. The van der Waals surface area contributed by atoms with Gasteiger partial charge in [0, 0.05) is 31.1 Å². The lowest BCUT2D eigenvalue weighted by atomic mass is 9.98. The molecule has 2 fully saturated rings. The van der Waals surface area contributed by atoms with E-state index in [0.717, 1.165) is 19.4 Å². The Morgan fingerprint density at radius 3 is 2.74 bits per heavy atom. The number of rotatable bonds is 5. The van der Waals surface area contributed by atoms with Gasteiger partial charge in [0.05, 0.1) is 25.8 Å². The Bertz CT molecular complexity index is 685. The van der Waals surface area contributed by atoms with E-state index in [1.807, 2.05) is 0 Å². The van der Waals surface area contributed by atoms with Gasteiger partial charge in [-0.3, -0.25) is 9.59 Å². The maximum absolute atomic E-state index is 12.7. The summed E-state index contributed by atoms with van der Waals surface area (Å²) in [5.41, 5.74) is 0.668. The number of methoxy groups -OCH3 is 2. The Labute approximate surface area is 166 Å². The van der Waals surface area contributed by atoms with Crippen molar-refractivity contribution in [1.29, 1.82) is 0 Å². The molecule has 0 bridgehead atoms. The molecule has 2 aliphatic heterocycles. The van der Waals surface area contributed by atoms with E-state index in [2.05, 4.69) is 17.6 Å². The average Bonchev–Trinajstić information content (AvgIpc) is 3.04. The first-order valence-electron chi connectivity index (χ1n) is 9.09. The van der Waals surface area contributed by atoms with Gasteiger partial charge in [0.15, 0.2) is 0 Å². The number of hydrogen-bond donors (Lipinski definition) is 2. The lowest BCUT2D eigenvalue weighted by Gasteiger charge is -2.31. The van der Waals surface area contributed by atoms with E-state index in [0.29, 0.717) is 23.7 Å². The van der Waals surface area contributed by atoms with Gasteiger partial charge in [0.25, 0.3) is 0 Å². The zero-order valence-corrected chi connectivity index (χ0v) is 16.8. The highest BCUT2D eigenvalue weighted by molar-refractivity contribution is 6.01. The summed E-state index contributed by atoms with van der Waals surface area (Å²) >= 11 is 0. The minimum Gasteiger partial charge on any atom is -0.497 e. The zero-order valence-electron chi connectivity index (χ0n) is 16.0. The van der Waals surface area contributed by atoms with Gasteiger partial charge in [-0.2, -0.15) is 0 Å². The maximum atomic E-state index is 12.7. The highest BCUT2D eigenvalue weighted by Crippen LogP contribution is 2.35. The number of amides is 2. The van der Waals surface area contributed by atoms with Crippen molar-refractivity contribution in [3.63, 3.8) is 0 Å². The second kappa shape index (κ2) is 9.28. The van der Waals surface area contributed by atoms with Crippen molar-refractivity contribution in [3.8, 4) is 11.5 Å². The molecule has 0 saturated carbocycles. The number of hydrogen-bond acceptors (Lipinski definition) is 5. The first-order valence-corrected chi connectivity index (χ1v) is 9.09. The summed E-state index contributed by atoms with van der Waals surface area (Å²) in [6.07, 6.45) is 2.24. The van der Waals surface area contributed by atoms with Crippen LogP contribution in [0.15, 0.2) is 18.2 Å². The van der Waals surface area contributed by atoms with Gasteiger partial charge >= 0.3 is 0 Å². The summed E-state index contributed by atoms with van der Waals surface area (Å²) in [7, 11) is 3.14. The van der Waals surface area contributed by atoms with E-state index in [1.54, 1.807) is 37.3 Å². The SMILES string of the molecule is COc1ccc(N2CC(C(=O)NC3CCCNC3C)CC2=O)c(OC)c1.Cl. The Morgan fingerprint density at radius 1 is 1.30 bits per heavy atom. The lowest BCUT2D eigenvalue weighted by Crippen LogP contribution is -2.53. The Kier molecular flexibility index (Phi) is 7.33. The fourth-order valence-electron chi connectivity index (χ4n) is 3.67. The summed E-state index contributed by atoms with van der Waals surface area (Å²) in [5, 5.41) is 6.50. The molecule has 3 rings (SSSR count). The molecule has 150 valence electrons. The third-order valence-electron chi connectivity index (χ3n) is 5.26. The largest absolute Gasteiger partial charge is 0.497 e. The van der Waals surface area contributed by atoms with Crippen molar-refractivity contribution in [2.24, 2.45) is 5.92 Å². The molecule has 3 unspecified atom stereocenters. The van der Waals surface area contributed by atoms with Crippen molar-refractivity contribution in [1.82, 2.24) is 10.6 Å². The maximum Gasteiger partial charge on any atom is 0.227 e. The molecule has 27 heavy (non-hydrogen) atoms. The molecule has 2 saturated heterocycles. The van der Waals surface area contributed by atoms with Gasteiger partial charge in [-0.25, -0.2) is 0 Å². The molecule has 2 heterocycles. The standard InChI is InChI=1S/C19H27N3O4.ClH/c1-12-15(5-4-8-20-12)21-19(24)13-9-18(23)22(11-13)16-7-6-14(25-2)10-17(16)26-3;/h6-7,10,12-13,15,20H,4-5,8-9,11H2,1-3H3,(H,21,24);1H. The zero-order chi connectivity index (χ0) is 18.7. The third kappa shape index (κ3) is 4.65. The van der Waals surface area contributed by atoms with Crippen LogP contribution in [0.5, 0.6) is 11.5 Å². The Hall–Kier alpha value is -1.99. The molecule has 2 amide bonds. The van der Waals surface area contributed by atoms with Gasteiger partial charge in [0.2, 0.25) is 11.8 Å². The second-order valence-electron chi connectivity index (χ2n) is 6.94. The Balaban J connectivity index is 0.00000261. The van der Waals surface area contributed by atoms with Crippen LogP contribution in [0.3, 0.4) is 0 Å². The van der Waals surface area contributed by atoms with Crippen LogP contribution >= 0.6 is 12.4 Å². The van der Waals surface area contributed by atoms with Crippen molar-refractivity contribution in [2.45, 2.75) is 38.3 Å². The fraction of sp³-hybridized carbons (Fsp3) is 0.579. The molecule has 0 spiro atoms. The number of anilines is 1. The average molecular weight is 398 g/mol. The summed E-state index contributed by atoms with van der Waals surface area (Å²) in [6.45, 7) is 3.43. The smallest absolute Gasteiger partial charge is 0.227 e. The van der Waals surface area contributed by atoms with Crippen LogP contribution in [0.1, 0.15) is 26.2 Å². The number of halogens is 1. The number of nitrogens with zero attached hydrogens (tertiary/aromatic N) is 1. The molecule has 0 aromatic heterocycles. The normalized spacial score (nSPS) is 24.9. The van der Waals surface area contributed by atoms with E-state index in [4.69, 9.17) is 9.47 Å². The number of benzene rings is 1. The van der Waals surface area contributed by atoms with Crippen LogP contribution in [0.2, 0.25) is 0 Å². The minimum absolute atomic E-state index is 0. The summed E-state index contributed by atoms with van der Waals surface area (Å²) in [4.78, 5) is 26.8. The molecule has 7 nitrogen and oxygen atoms in total. The minimum atomic E-state index is -0.344. The van der Waals surface area contributed by atoms with Crippen molar-refractivity contribution >= 4 is 29.9 Å². The monoisotopic (exact) mass is 397 g/mol. The molecular formula is C19H28ClN3O4. The van der Waals surface area contributed by atoms with Gasteiger partial charge in [-0.15, -0.1) is 12.4 Å². The van der Waals surface area contributed by atoms with Crippen molar-refractivity contribution < 1.29 is 19.1 Å². The van der Waals surface area contributed by atoms with E-state index >= 15 is 0 Å². The number of piperidine rings is 1. The predicted octanol–water partition coefficient (Wildman–Crippen LogP) is 1.74. The number of carbonyl (C=O) groups excluding carboxylic acids is 2. The van der Waals surface area contributed by atoms with Gasteiger partial charge < -0.3 is 25.0 Å². The van der Waals surface area contributed by atoms with Crippen LogP contribution in [0, 0.1) is 5.92 Å². The van der Waals surface area contributed by atoms with Crippen molar-refractivity contribution in [3.05, 3.63) is 18.2 Å². The Morgan fingerprint density at radius 2 is 2.07 bits per heavy atom. The first kappa shape index (κ1) is 21.3. The van der Waals surface area contributed by atoms with Crippen LogP contribution in [0.25, 0.3) is 0 Å². The van der Waals surface area contributed by atoms with Crippen LogP contribution in [-0.4, -0.2) is 51.2 Å². The van der Waals surface area contributed by atoms with Crippen LogP contribution in [-0.2, 0) is 9.59 Å². The molecule has 1 aromatic carbocycles. The van der Waals surface area contributed by atoms with E-state index in [9.17, 15) is 9.59 Å². The molecule has 3 atom stereocenters. The predicted molar refractivity (Wildman–Crippen MR) is 106 cm³/mol. The number of nitrogens with one attached hydrogen (secondary N) is 2. The van der Waals surface area contributed by atoms with E-state index in [-0.39, 0.29) is 48.6 Å². The molecule has 8 heteroatoms. The highest BCUT2D eigenvalue weighted by atomic mass is 35.5. The molecule has 0 aliphatic carbocycles. The molecule has 1 aromatic rings. The molecular weight excluding hydrogens is 370 g/mol. The lowest BCUT2D eigenvalue weighted by molar-refractivity contribution is -0.127. The van der Waals surface area contributed by atoms with Gasteiger partial charge in [-0.1, -0.05) is 0 Å². The van der Waals surface area contributed by atoms with Crippen molar-refractivity contribution in [2.75, 3.05) is 32.2 Å². The molecule has 0 radical (unpaired) electrons. The highest BCUT2D eigenvalue weighted by Gasteiger charge is 2.37. The number of carbonyl (C=O) groups is 2.